The lowest BCUT2D eigenvalue weighted by molar-refractivity contribution is 0.250. The molecule has 1 aliphatic rings. The van der Waals surface area contributed by atoms with E-state index in [-0.39, 0.29) is 6.03 Å². The highest BCUT2D eigenvalue weighted by molar-refractivity contribution is 5.89. The molecule has 0 aromatic heterocycles. The van der Waals surface area contributed by atoms with E-state index >= 15 is 0 Å². The van der Waals surface area contributed by atoms with Crippen molar-refractivity contribution in [2.24, 2.45) is 0 Å². The second kappa shape index (κ2) is 10.2. The number of urea groups is 1. The first kappa shape index (κ1) is 21.0. The zero-order valence-electron chi connectivity index (χ0n) is 17.7. The maximum Gasteiger partial charge on any atom is 0.319 e. The number of amides is 2. The van der Waals surface area contributed by atoms with Crippen LogP contribution in [0.1, 0.15) is 17.5 Å². The molecule has 0 atom stereocenters. The third kappa shape index (κ3) is 6.12. The van der Waals surface area contributed by atoms with Gasteiger partial charge in [-0.25, -0.2) is 4.79 Å². The van der Waals surface area contributed by atoms with Gasteiger partial charge in [0.15, 0.2) is 0 Å². The molecule has 6 nitrogen and oxygen atoms in total. The molecule has 6 heteroatoms. The van der Waals surface area contributed by atoms with Crippen molar-refractivity contribution in [3.05, 3.63) is 53.6 Å². The fourth-order valence-electron chi connectivity index (χ4n) is 3.47. The summed E-state index contributed by atoms with van der Waals surface area (Å²) in [6.07, 6.45) is 0.754. The maximum absolute atomic E-state index is 12.1. The fourth-order valence-corrected chi connectivity index (χ4v) is 3.47. The highest BCUT2D eigenvalue weighted by Gasteiger charge is 2.14. The van der Waals surface area contributed by atoms with E-state index in [1.807, 2.05) is 44.2 Å². The number of ether oxygens (including phenoxy) is 1. The minimum atomic E-state index is -0.190. The quantitative estimate of drug-likeness (QED) is 0.702. The molecule has 0 unspecified atom stereocenters. The Morgan fingerprint density at radius 2 is 1.66 bits per heavy atom. The standard InChI is InChI=1S/C23H32N4O2/c1-18-6-4-7-19(2)22(18)29-17-5-12-24-23(28)25-20-8-10-21(11-9-20)27-15-13-26(3)14-16-27/h4,6-11H,5,12-17H2,1-3H3,(H2,24,25,28). The molecule has 1 aliphatic heterocycles. The molecule has 29 heavy (non-hydrogen) atoms. The smallest absolute Gasteiger partial charge is 0.319 e. The first-order valence-corrected chi connectivity index (χ1v) is 10.3. The molecule has 2 amide bonds. The molecule has 2 aromatic carbocycles. The third-order valence-electron chi connectivity index (χ3n) is 5.26. The first-order chi connectivity index (χ1) is 14.0. The predicted octanol–water partition coefficient (Wildman–Crippen LogP) is 3.65. The van der Waals surface area contributed by atoms with Gasteiger partial charge in [0.25, 0.3) is 0 Å². The van der Waals surface area contributed by atoms with Gasteiger partial charge in [-0.3, -0.25) is 0 Å². The fraction of sp³-hybridized carbons (Fsp3) is 0.435. The SMILES string of the molecule is Cc1cccc(C)c1OCCCNC(=O)Nc1ccc(N2CCN(C)CC2)cc1. The van der Waals surface area contributed by atoms with Crippen molar-refractivity contribution < 1.29 is 9.53 Å². The normalized spacial score (nSPS) is 14.5. The van der Waals surface area contributed by atoms with Gasteiger partial charge >= 0.3 is 6.03 Å². The van der Waals surface area contributed by atoms with Crippen LogP contribution < -0.4 is 20.3 Å². The molecule has 0 spiro atoms. The summed E-state index contributed by atoms with van der Waals surface area (Å²) in [4.78, 5) is 16.8. The minimum absolute atomic E-state index is 0.190. The average molecular weight is 397 g/mol. The lowest BCUT2D eigenvalue weighted by Crippen LogP contribution is -2.44. The summed E-state index contributed by atoms with van der Waals surface area (Å²) in [6, 6.07) is 14.0. The van der Waals surface area contributed by atoms with Crippen molar-refractivity contribution in [1.82, 2.24) is 10.2 Å². The van der Waals surface area contributed by atoms with E-state index in [0.29, 0.717) is 13.2 Å². The molecule has 0 radical (unpaired) electrons. The first-order valence-electron chi connectivity index (χ1n) is 10.3. The largest absolute Gasteiger partial charge is 0.493 e. The van der Waals surface area contributed by atoms with Crippen LogP contribution in [-0.2, 0) is 0 Å². The Balaban J connectivity index is 1.36. The Kier molecular flexibility index (Phi) is 7.36. The van der Waals surface area contributed by atoms with Crippen LogP contribution in [0.25, 0.3) is 0 Å². The van der Waals surface area contributed by atoms with E-state index < -0.39 is 0 Å². The number of nitrogens with one attached hydrogen (secondary N) is 2. The number of hydrogen-bond donors (Lipinski definition) is 2. The molecular weight excluding hydrogens is 364 g/mol. The summed E-state index contributed by atoms with van der Waals surface area (Å²) in [7, 11) is 2.15. The third-order valence-corrected chi connectivity index (χ3v) is 5.26. The van der Waals surface area contributed by atoms with E-state index in [9.17, 15) is 4.79 Å². The van der Waals surface area contributed by atoms with Crippen LogP contribution in [0.4, 0.5) is 16.2 Å². The maximum atomic E-state index is 12.1. The average Bonchev–Trinajstić information content (AvgIpc) is 2.71. The summed E-state index contributed by atoms with van der Waals surface area (Å²) in [5, 5.41) is 5.77. The van der Waals surface area contributed by atoms with E-state index in [1.165, 1.54) is 5.69 Å². The molecule has 0 bridgehead atoms. The number of para-hydroxylation sites is 1. The van der Waals surface area contributed by atoms with Crippen LogP contribution >= 0.6 is 0 Å². The number of carbonyl (C=O) groups is 1. The van der Waals surface area contributed by atoms with Crippen molar-refractivity contribution in [3.8, 4) is 5.75 Å². The van der Waals surface area contributed by atoms with Crippen LogP contribution in [0.5, 0.6) is 5.75 Å². The molecule has 2 N–H and O–H groups in total. The van der Waals surface area contributed by atoms with Crippen molar-refractivity contribution in [2.45, 2.75) is 20.3 Å². The summed E-state index contributed by atoms with van der Waals surface area (Å²) < 4.78 is 5.87. The molecule has 156 valence electrons. The van der Waals surface area contributed by atoms with Gasteiger partial charge in [-0.05, 0) is 62.7 Å². The van der Waals surface area contributed by atoms with E-state index in [1.54, 1.807) is 0 Å². The number of piperazine rings is 1. The summed E-state index contributed by atoms with van der Waals surface area (Å²) in [6.45, 7) is 9.46. The summed E-state index contributed by atoms with van der Waals surface area (Å²) in [5.41, 5.74) is 4.27. The highest BCUT2D eigenvalue weighted by atomic mass is 16.5. The lowest BCUT2D eigenvalue weighted by atomic mass is 10.1. The van der Waals surface area contributed by atoms with Crippen molar-refractivity contribution in [3.63, 3.8) is 0 Å². The predicted molar refractivity (Wildman–Crippen MR) is 119 cm³/mol. The number of aryl methyl sites for hydroxylation is 2. The van der Waals surface area contributed by atoms with Gasteiger partial charge in [-0.2, -0.15) is 0 Å². The van der Waals surface area contributed by atoms with Gasteiger partial charge in [0.2, 0.25) is 0 Å². The molecule has 1 fully saturated rings. The zero-order chi connectivity index (χ0) is 20.6. The van der Waals surface area contributed by atoms with E-state index in [2.05, 4.69) is 39.6 Å². The van der Waals surface area contributed by atoms with Gasteiger partial charge in [0.05, 0.1) is 6.61 Å². The number of likely N-dealkylation sites (N-methyl/N-ethyl adjacent to an activating group) is 1. The molecular formula is C23H32N4O2. The lowest BCUT2D eigenvalue weighted by Gasteiger charge is -2.34. The van der Waals surface area contributed by atoms with Crippen molar-refractivity contribution in [1.29, 1.82) is 0 Å². The second-order valence-electron chi connectivity index (χ2n) is 7.64. The number of hydrogen-bond acceptors (Lipinski definition) is 4. The minimum Gasteiger partial charge on any atom is -0.493 e. The Morgan fingerprint density at radius 1 is 1.00 bits per heavy atom. The van der Waals surface area contributed by atoms with Crippen molar-refractivity contribution >= 4 is 17.4 Å². The van der Waals surface area contributed by atoms with Gasteiger partial charge in [-0.15, -0.1) is 0 Å². The monoisotopic (exact) mass is 396 g/mol. The molecule has 0 aliphatic carbocycles. The van der Waals surface area contributed by atoms with Crippen LogP contribution in [0.3, 0.4) is 0 Å². The Labute approximate surface area is 173 Å². The van der Waals surface area contributed by atoms with Crippen LogP contribution in [0, 0.1) is 13.8 Å². The van der Waals surface area contributed by atoms with E-state index in [4.69, 9.17) is 4.74 Å². The molecule has 3 rings (SSSR count). The Bertz CT molecular complexity index is 779. The van der Waals surface area contributed by atoms with Crippen LogP contribution in [-0.4, -0.2) is 57.3 Å². The molecule has 1 heterocycles. The van der Waals surface area contributed by atoms with Crippen LogP contribution in [0.15, 0.2) is 42.5 Å². The highest BCUT2D eigenvalue weighted by Crippen LogP contribution is 2.22. The molecule has 1 saturated heterocycles. The van der Waals surface area contributed by atoms with Gasteiger partial charge in [0, 0.05) is 44.1 Å². The van der Waals surface area contributed by atoms with Crippen molar-refractivity contribution in [2.75, 3.05) is 56.6 Å². The zero-order valence-corrected chi connectivity index (χ0v) is 17.7. The van der Waals surface area contributed by atoms with E-state index in [0.717, 1.165) is 55.2 Å². The van der Waals surface area contributed by atoms with Gasteiger partial charge in [-0.1, -0.05) is 18.2 Å². The topological polar surface area (TPSA) is 56.8 Å². The number of nitrogens with zero attached hydrogens (tertiary/aromatic N) is 2. The van der Waals surface area contributed by atoms with Gasteiger partial charge < -0.3 is 25.2 Å². The second-order valence-corrected chi connectivity index (χ2v) is 7.64. The molecule has 2 aromatic rings. The summed E-state index contributed by atoms with van der Waals surface area (Å²) >= 11 is 0. The number of anilines is 2. The number of carbonyl (C=O) groups excluding carboxylic acids is 1. The number of rotatable bonds is 7. The van der Waals surface area contributed by atoms with Gasteiger partial charge in [0.1, 0.15) is 5.75 Å². The Hall–Kier alpha value is -2.73. The summed E-state index contributed by atoms with van der Waals surface area (Å²) in [5.74, 6) is 0.942. The van der Waals surface area contributed by atoms with Crippen LogP contribution in [0.2, 0.25) is 0 Å². The number of benzene rings is 2. The molecule has 0 saturated carbocycles. The Morgan fingerprint density at radius 3 is 2.31 bits per heavy atom.